The number of thiazole rings is 1. The van der Waals surface area contributed by atoms with Crippen LogP contribution in [0.15, 0.2) is 42.5 Å². The van der Waals surface area contributed by atoms with Gasteiger partial charge in [0.1, 0.15) is 16.6 Å². The Balaban J connectivity index is 1.91. The number of fused-ring (bicyclic) bond motifs is 2. The van der Waals surface area contributed by atoms with Gasteiger partial charge in [0.25, 0.3) is 5.91 Å². The molecule has 0 fully saturated rings. The van der Waals surface area contributed by atoms with Crippen LogP contribution in [0.1, 0.15) is 16.1 Å². The minimum atomic E-state index is -4.47. The summed E-state index contributed by atoms with van der Waals surface area (Å²) in [7, 11) is 0. The zero-order chi connectivity index (χ0) is 18.5. The molecule has 1 amide bonds. The second-order valence-corrected chi connectivity index (χ2v) is 6.59. The average Bonchev–Trinajstić information content (AvgIpc) is 3.15. The maximum atomic E-state index is 12.9. The molecule has 26 heavy (non-hydrogen) atoms. The Hall–Kier alpha value is -3.18. The first-order valence-corrected chi connectivity index (χ1v) is 8.23. The largest absolute Gasteiger partial charge is 0.416 e. The Kier molecular flexibility index (Phi) is 3.56. The number of alkyl halides is 3. The predicted molar refractivity (Wildman–Crippen MR) is 92.1 cm³/mol. The van der Waals surface area contributed by atoms with Crippen LogP contribution in [-0.2, 0) is 11.0 Å². The number of benzene rings is 2. The standard InChI is InChI=1S/C18H8F3N3OS/c19-18(20,21)9-5-6-14-13(7-9)24-17(26-14)11(8-22)15-10-3-1-2-4-12(10)23-16(15)25/h1-7H,(H,23,25)/b15-11-. The highest BCUT2D eigenvalue weighted by molar-refractivity contribution is 7.19. The monoisotopic (exact) mass is 371 g/mol. The summed E-state index contributed by atoms with van der Waals surface area (Å²) in [5.74, 6) is -0.432. The lowest BCUT2D eigenvalue weighted by Gasteiger charge is -2.04. The molecule has 0 atom stereocenters. The highest BCUT2D eigenvalue weighted by Crippen LogP contribution is 2.39. The molecule has 1 aromatic heterocycles. The first-order valence-electron chi connectivity index (χ1n) is 7.42. The summed E-state index contributed by atoms with van der Waals surface area (Å²) >= 11 is 1.07. The van der Waals surface area contributed by atoms with Crippen LogP contribution < -0.4 is 5.32 Å². The van der Waals surface area contributed by atoms with E-state index in [1.165, 1.54) is 6.07 Å². The number of hydrogen-bond donors (Lipinski definition) is 1. The Morgan fingerprint density at radius 1 is 1.19 bits per heavy atom. The summed E-state index contributed by atoms with van der Waals surface area (Å²) in [6.45, 7) is 0. The number of anilines is 1. The van der Waals surface area contributed by atoms with Gasteiger partial charge >= 0.3 is 6.18 Å². The number of hydrogen-bond acceptors (Lipinski definition) is 4. The molecule has 1 aliphatic rings. The molecule has 0 saturated heterocycles. The van der Waals surface area contributed by atoms with E-state index in [2.05, 4.69) is 10.3 Å². The highest BCUT2D eigenvalue weighted by Gasteiger charge is 2.32. The minimum absolute atomic E-state index is 0.0437. The van der Waals surface area contributed by atoms with Crippen molar-refractivity contribution in [3.63, 3.8) is 0 Å². The SMILES string of the molecule is N#C/C(=C1/C(=O)Nc2ccccc21)c1nc2cc(C(F)(F)F)ccc2s1. The highest BCUT2D eigenvalue weighted by atomic mass is 32.1. The Labute approximate surface area is 149 Å². The molecule has 1 N–H and O–H groups in total. The van der Waals surface area contributed by atoms with Gasteiger partial charge in [-0.2, -0.15) is 18.4 Å². The van der Waals surface area contributed by atoms with Gasteiger partial charge in [0.15, 0.2) is 0 Å². The molecule has 0 spiro atoms. The second kappa shape index (κ2) is 5.68. The van der Waals surface area contributed by atoms with E-state index in [4.69, 9.17) is 0 Å². The van der Waals surface area contributed by atoms with Gasteiger partial charge in [-0.25, -0.2) is 4.98 Å². The summed E-state index contributed by atoms with van der Waals surface area (Å²) in [6.07, 6.45) is -4.47. The van der Waals surface area contributed by atoms with E-state index >= 15 is 0 Å². The molecular weight excluding hydrogens is 363 g/mol. The molecule has 0 unspecified atom stereocenters. The number of allylic oxidation sites excluding steroid dienone is 1. The fourth-order valence-electron chi connectivity index (χ4n) is 2.79. The third kappa shape index (κ3) is 2.53. The molecule has 2 aromatic carbocycles. The maximum Gasteiger partial charge on any atom is 0.416 e. The number of nitrogens with zero attached hydrogens (tertiary/aromatic N) is 2. The number of carbonyl (C=O) groups is 1. The Bertz CT molecular complexity index is 1140. The van der Waals surface area contributed by atoms with Gasteiger partial charge in [0.05, 0.1) is 21.4 Å². The summed E-state index contributed by atoms with van der Waals surface area (Å²) < 4.78 is 39.1. The number of nitriles is 1. The van der Waals surface area contributed by atoms with Gasteiger partial charge in [-0.15, -0.1) is 11.3 Å². The Morgan fingerprint density at radius 2 is 1.96 bits per heavy atom. The summed E-state index contributed by atoms with van der Waals surface area (Å²) in [4.78, 5) is 16.5. The van der Waals surface area contributed by atoms with Crippen LogP contribution in [0.3, 0.4) is 0 Å². The van der Waals surface area contributed by atoms with E-state index in [0.717, 1.165) is 23.5 Å². The average molecular weight is 371 g/mol. The smallest absolute Gasteiger partial charge is 0.321 e. The van der Waals surface area contributed by atoms with Crippen LogP contribution in [0, 0.1) is 11.3 Å². The van der Waals surface area contributed by atoms with Gasteiger partial charge in [0, 0.05) is 11.3 Å². The zero-order valence-electron chi connectivity index (χ0n) is 12.9. The fraction of sp³-hybridized carbons (Fsp3) is 0.0556. The summed E-state index contributed by atoms with van der Waals surface area (Å²) in [5, 5.41) is 12.5. The number of rotatable bonds is 1. The minimum Gasteiger partial charge on any atom is -0.321 e. The number of amides is 1. The molecule has 0 bridgehead atoms. The fourth-order valence-corrected chi connectivity index (χ4v) is 3.73. The number of halogens is 3. The van der Waals surface area contributed by atoms with E-state index in [1.54, 1.807) is 24.3 Å². The third-order valence-electron chi connectivity index (χ3n) is 3.96. The van der Waals surface area contributed by atoms with Crippen molar-refractivity contribution < 1.29 is 18.0 Å². The molecule has 3 aromatic rings. The molecule has 2 heterocycles. The second-order valence-electron chi connectivity index (χ2n) is 5.56. The van der Waals surface area contributed by atoms with Crippen molar-refractivity contribution in [2.75, 3.05) is 5.32 Å². The van der Waals surface area contributed by atoms with Crippen LogP contribution in [0.25, 0.3) is 21.4 Å². The number of aromatic nitrogens is 1. The van der Waals surface area contributed by atoms with Gasteiger partial charge in [-0.05, 0) is 24.3 Å². The van der Waals surface area contributed by atoms with E-state index < -0.39 is 17.6 Å². The molecule has 128 valence electrons. The Morgan fingerprint density at radius 3 is 2.69 bits per heavy atom. The van der Waals surface area contributed by atoms with Gasteiger partial charge < -0.3 is 5.32 Å². The molecule has 4 rings (SSSR count). The summed E-state index contributed by atoms with van der Waals surface area (Å²) in [6, 6.07) is 12.1. The van der Waals surface area contributed by atoms with E-state index in [1.807, 2.05) is 6.07 Å². The maximum absolute atomic E-state index is 12.9. The molecular formula is C18H8F3N3OS. The molecule has 0 aliphatic carbocycles. The lowest BCUT2D eigenvalue weighted by atomic mass is 10.0. The van der Waals surface area contributed by atoms with Crippen molar-refractivity contribution in [2.45, 2.75) is 6.18 Å². The number of nitrogens with one attached hydrogen (secondary N) is 1. The van der Waals surface area contributed by atoms with Gasteiger partial charge in [-0.3, -0.25) is 4.79 Å². The summed E-state index contributed by atoms with van der Waals surface area (Å²) in [5.41, 5.74) is 0.710. The van der Waals surface area contributed by atoms with E-state index in [0.29, 0.717) is 16.0 Å². The van der Waals surface area contributed by atoms with Crippen molar-refractivity contribution in [3.05, 3.63) is 58.6 Å². The topological polar surface area (TPSA) is 65.8 Å². The van der Waals surface area contributed by atoms with Crippen LogP contribution in [-0.4, -0.2) is 10.9 Å². The van der Waals surface area contributed by atoms with Crippen LogP contribution in [0.5, 0.6) is 0 Å². The number of carbonyl (C=O) groups excluding carboxylic acids is 1. The van der Waals surface area contributed by atoms with Crippen molar-refractivity contribution in [1.82, 2.24) is 4.98 Å². The first kappa shape index (κ1) is 16.3. The molecule has 1 aliphatic heterocycles. The molecule has 4 nitrogen and oxygen atoms in total. The third-order valence-corrected chi connectivity index (χ3v) is 5.02. The molecule has 0 saturated carbocycles. The van der Waals surface area contributed by atoms with E-state index in [-0.39, 0.29) is 21.7 Å². The van der Waals surface area contributed by atoms with Crippen molar-refractivity contribution in [1.29, 1.82) is 5.26 Å². The van der Waals surface area contributed by atoms with Crippen LogP contribution >= 0.6 is 11.3 Å². The predicted octanol–water partition coefficient (Wildman–Crippen LogP) is 4.70. The van der Waals surface area contributed by atoms with Crippen molar-refractivity contribution in [2.24, 2.45) is 0 Å². The molecule has 8 heteroatoms. The van der Waals surface area contributed by atoms with E-state index in [9.17, 15) is 23.2 Å². The lowest BCUT2D eigenvalue weighted by molar-refractivity contribution is -0.137. The van der Waals surface area contributed by atoms with Gasteiger partial charge in [-0.1, -0.05) is 18.2 Å². The van der Waals surface area contributed by atoms with Crippen LogP contribution in [0.4, 0.5) is 18.9 Å². The quantitative estimate of drug-likeness (QED) is 0.498. The first-order chi connectivity index (χ1) is 12.4. The number of para-hydroxylation sites is 1. The van der Waals surface area contributed by atoms with Crippen molar-refractivity contribution >= 4 is 44.3 Å². The van der Waals surface area contributed by atoms with Crippen molar-refractivity contribution in [3.8, 4) is 6.07 Å². The lowest BCUT2D eigenvalue weighted by Crippen LogP contribution is -2.05. The molecule has 0 radical (unpaired) electrons. The zero-order valence-corrected chi connectivity index (χ0v) is 13.7. The van der Waals surface area contributed by atoms with Crippen LogP contribution in [0.2, 0.25) is 0 Å². The normalized spacial score (nSPS) is 15.5. The van der Waals surface area contributed by atoms with Gasteiger partial charge in [0.2, 0.25) is 0 Å².